The van der Waals surface area contributed by atoms with E-state index in [0.29, 0.717) is 6.61 Å². The van der Waals surface area contributed by atoms with Crippen molar-refractivity contribution in [1.82, 2.24) is 0 Å². The van der Waals surface area contributed by atoms with Gasteiger partial charge in [-0.1, -0.05) is 121 Å². The van der Waals surface area contributed by atoms with Crippen LogP contribution in [0, 0.1) is 0 Å². The van der Waals surface area contributed by atoms with Crippen LogP contribution in [0.25, 0.3) is 0 Å². The second-order valence-corrected chi connectivity index (χ2v) is 13.3. The van der Waals surface area contributed by atoms with Crippen molar-refractivity contribution < 1.29 is 52.2 Å². The lowest BCUT2D eigenvalue weighted by Crippen LogP contribution is -2.65. The third-order valence-electron chi connectivity index (χ3n) is 9.56. The summed E-state index contributed by atoms with van der Waals surface area (Å²) in [4.78, 5) is 12.4. The van der Waals surface area contributed by atoms with Crippen molar-refractivity contribution in [2.24, 2.45) is 0 Å². The first kappa shape index (κ1) is 37.2. The fourth-order valence-corrected chi connectivity index (χ4v) is 6.86. The number of ether oxygens (including phenoxy) is 10. The average molecular weight is 727 g/mol. The van der Waals surface area contributed by atoms with Crippen LogP contribution in [0.4, 0.5) is 4.79 Å². The minimum atomic E-state index is -1.02. The van der Waals surface area contributed by atoms with Crippen molar-refractivity contribution in [2.45, 2.75) is 94.8 Å². The first-order valence-corrected chi connectivity index (χ1v) is 18.0. The summed E-state index contributed by atoms with van der Waals surface area (Å²) in [7, 11) is 1.58. The summed E-state index contributed by atoms with van der Waals surface area (Å²) in [5.41, 5.74) is 3.89. The van der Waals surface area contributed by atoms with Gasteiger partial charge in [0.05, 0.1) is 39.1 Å². The van der Waals surface area contributed by atoms with Crippen LogP contribution in [-0.4, -0.2) is 81.3 Å². The molecule has 11 heteroatoms. The van der Waals surface area contributed by atoms with Crippen LogP contribution in [0.1, 0.15) is 29.2 Å². The van der Waals surface area contributed by atoms with Gasteiger partial charge in [-0.25, -0.2) is 4.79 Å². The van der Waals surface area contributed by atoms with Gasteiger partial charge in [0, 0.05) is 7.11 Å². The van der Waals surface area contributed by atoms with Gasteiger partial charge >= 0.3 is 6.16 Å². The summed E-state index contributed by atoms with van der Waals surface area (Å²) >= 11 is 0. The summed E-state index contributed by atoms with van der Waals surface area (Å²) in [5, 5.41) is 0. The predicted octanol–water partition coefficient (Wildman–Crippen LogP) is 6.36. The Kier molecular flexibility index (Phi) is 12.8. The van der Waals surface area contributed by atoms with Crippen LogP contribution in [0.2, 0.25) is 0 Å². The highest BCUT2D eigenvalue weighted by atomic mass is 16.8. The predicted molar refractivity (Wildman–Crippen MR) is 191 cm³/mol. The summed E-state index contributed by atoms with van der Waals surface area (Å²) in [6, 6.07) is 39.4. The molecule has 3 aliphatic heterocycles. The molecule has 3 fully saturated rings. The van der Waals surface area contributed by atoms with Crippen LogP contribution in [0.3, 0.4) is 0 Å². The molecule has 0 radical (unpaired) electrons. The maximum absolute atomic E-state index is 12.4. The fraction of sp³-hybridized carbons (Fsp3) is 0.405. The number of benzene rings is 4. The molecule has 3 aliphatic rings. The zero-order chi connectivity index (χ0) is 36.4. The highest BCUT2D eigenvalue weighted by Crippen LogP contribution is 2.37. The molecule has 3 heterocycles. The van der Waals surface area contributed by atoms with Crippen LogP contribution in [-0.2, 0) is 73.8 Å². The molecule has 280 valence electrons. The van der Waals surface area contributed by atoms with E-state index >= 15 is 0 Å². The molecule has 4 aromatic carbocycles. The molecule has 3 saturated heterocycles. The molecule has 0 saturated carbocycles. The molecular weight excluding hydrogens is 680 g/mol. The third kappa shape index (κ3) is 9.50. The normalized spacial score (nSPS) is 29.6. The number of methoxy groups -OCH3 is 1. The highest BCUT2D eigenvalue weighted by molar-refractivity contribution is 5.63. The molecule has 0 aliphatic carbocycles. The monoisotopic (exact) mass is 726 g/mol. The number of hydrogen-bond acceptors (Lipinski definition) is 11. The molecule has 0 N–H and O–H groups in total. The van der Waals surface area contributed by atoms with E-state index in [4.69, 9.17) is 47.4 Å². The minimum Gasteiger partial charge on any atom is -0.424 e. The lowest BCUT2D eigenvalue weighted by Gasteiger charge is -2.48. The van der Waals surface area contributed by atoms with Crippen LogP contribution in [0.5, 0.6) is 0 Å². The highest BCUT2D eigenvalue weighted by Gasteiger charge is 2.57. The van der Waals surface area contributed by atoms with Gasteiger partial charge in [-0.3, -0.25) is 0 Å². The molecule has 4 aromatic rings. The zero-order valence-electron chi connectivity index (χ0n) is 29.8. The van der Waals surface area contributed by atoms with Crippen LogP contribution >= 0.6 is 0 Å². The quantitative estimate of drug-likeness (QED) is 0.120. The molecule has 0 aromatic heterocycles. The van der Waals surface area contributed by atoms with E-state index in [1.807, 2.05) is 128 Å². The van der Waals surface area contributed by atoms with Gasteiger partial charge in [-0.2, -0.15) is 0 Å². The molecular formula is C42H46O11. The molecule has 0 spiro atoms. The maximum Gasteiger partial charge on any atom is 0.509 e. The molecule has 0 unspecified atom stereocenters. The average Bonchev–Trinajstić information content (AvgIpc) is 3.60. The Morgan fingerprint density at radius 1 is 0.528 bits per heavy atom. The first-order chi connectivity index (χ1) is 26.1. The maximum atomic E-state index is 12.4. The third-order valence-corrected chi connectivity index (χ3v) is 9.56. The Balaban J connectivity index is 1.20. The van der Waals surface area contributed by atoms with E-state index < -0.39 is 67.6 Å². The summed E-state index contributed by atoms with van der Waals surface area (Å²) in [6.45, 7) is 3.06. The number of rotatable bonds is 16. The second-order valence-electron chi connectivity index (χ2n) is 13.3. The van der Waals surface area contributed by atoms with Crippen molar-refractivity contribution in [2.75, 3.05) is 13.7 Å². The molecule has 0 bridgehead atoms. The summed E-state index contributed by atoms with van der Waals surface area (Å²) in [5.74, 6) is 0. The smallest absolute Gasteiger partial charge is 0.424 e. The minimum absolute atomic E-state index is 0.137. The van der Waals surface area contributed by atoms with Crippen molar-refractivity contribution >= 4 is 6.16 Å². The Morgan fingerprint density at radius 2 is 1.00 bits per heavy atom. The van der Waals surface area contributed by atoms with Crippen molar-refractivity contribution in [3.05, 3.63) is 144 Å². The number of carbonyl (C=O) groups is 1. The van der Waals surface area contributed by atoms with E-state index in [-0.39, 0.29) is 26.4 Å². The van der Waals surface area contributed by atoms with E-state index in [1.54, 1.807) is 7.11 Å². The largest absolute Gasteiger partial charge is 0.509 e. The first-order valence-electron chi connectivity index (χ1n) is 18.0. The molecule has 53 heavy (non-hydrogen) atoms. The SMILES string of the molecule is CO[C@H]1O[C@H](COCc2ccccc2)[C@@H](O[C@H]2O[C@@H](C)[C@@H]3OC(=O)O[C@H]3[C@H]2OCc2ccccc2)[C@H](OCc2ccccc2)[C@H]1OCc1ccccc1. The van der Waals surface area contributed by atoms with Crippen LogP contribution < -0.4 is 0 Å². The van der Waals surface area contributed by atoms with Gasteiger partial charge < -0.3 is 47.4 Å². The van der Waals surface area contributed by atoms with Crippen molar-refractivity contribution in [3.63, 3.8) is 0 Å². The Morgan fingerprint density at radius 3 is 1.53 bits per heavy atom. The van der Waals surface area contributed by atoms with Gasteiger partial charge in [0.2, 0.25) is 0 Å². The van der Waals surface area contributed by atoms with E-state index in [2.05, 4.69) is 0 Å². The molecule has 10 atom stereocenters. The Labute approximate surface area is 309 Å². The molecule has 0 amide bonds. The fourth-order valence-electron chi connectivity index (χ4n) is 6.86. The Bertz CT molecular complexity index is 1680. The van der Waals surface area contributed by atoms with Gasteiger partial charge in [-0.15, -0.1) is 0 Å². The van der Waals surface area contributed by atoms with E-state index in [1.165, 1.54) is 0 Å². The molecule has 7 rings (SSSR count). The number of hydrogen-bond donors (Lipinski definition) is 0. The number of fused-ring (bicyclic) bond motifs is 1. The summed E-state index contributed by atoms with van der Waals surface area (Å²) in [6.07, 6.45) is -8.50. The standard InChI is InChI=1S/C42H46O11/c1-28-34-37(53-42(43)52-34)39(48-26-32-21-13-6-14-22-32)41(49-28)51-35-33(27-45-23-29-15-7-3-8-16-29)50-40(44-2)38(47-25-31-19-11-5-12-20-31)36(35)46-24-30-17-9-4-10-18-30/h3-22,28,33-41H,23-27H2,1-2H3/t28-,33+,34-,35+,36-,37+,38+,39+,40-,41+/m0/s1. The summed E-state index contributed by atoms with van der Waals surface area (Å²) < 4.78 is 63.3. The zero-order valence-corrected chi connectivity index (χ0v) is 29.8. The van der Waals surface area contributed by atoms with Crippen molar-refractivity contribution in [3.8, 4) is 0 Å². The second kappa shape index (κ2) is 18.2. The topological polar surface area (TPSA) is 109 Å². The van der Waals surface area contributed by atoms with Gasteiger partial charge in [0.15, 0.2) is 24.8 Å². The van der Waals surface area contributed by atoms with Crippen molar-refractivity contribution in [1.29, 1.82) is 0 Å². The lowest BCUT2D eigenvalue weighted by molar-refractivity contribution is -0.363. The van der Waals surface area contributed by atoms with Crippen LogP contribution in [0.15, 0.2) is 121 Å². The van der Waals surface area contributed by atoms with E-state index in [0.717, 1.165) is 22.3 Å². The van der Waals surface area contributed by atoms with E-state index in [9.17, 15) is 4.79 Å². The Hall–Kier alpha value is -4.17. The lowest BCUT2D eigenvalue weighted by atomic mass is 9.96. The van der Waals surface area contributed by atoms with Gasteiger partial charge in [-0.05, 0) is 29.2 Å². The number of carbonyl (C=O) groups excluding carboxylic acids is 1. The molecule has 11 nitrogen and oxygen atoms in total. The van der Waals surface area contributed by atoms with Gasteiger partial charge in [0.1, 0.15) is 30.5 Å². The van der Waals surface area contributed by atoms with Gasteiger partial charge in [0.25, 0.3) is 0 Å².